The van der Waals surface area contributed by atoms with Crippen molar-refractivity contribution in [1.29, 1.82) is 0 Å². The summed E-state index contributed by atoms with van der Waals surface area (Å²) in [5.74, 6) is -4.26. The number of carboxylic acid groups (broad SMARTS) is 2. The Morgan fingerprint density at radius 2 is 1.57 bits per heavy atom. The molecule has 0 unspecified atom stereocenters. The fourth-order valence-electron chi connectivity index (χ4n) is 4.61. The fourth-order valence-corrected chi connectivity index (χ4v) is 5.85. The molecule has 1 atom stereocenters. The highest BCUT2D eigenvalue weighted by Crippen LogP contribution is 2.35. The highest BCUT2D eigenvalue weighted by molar-refractivity contribution is 7.14. The predicted molar refractivity (Wildman–Crippen MR) is 167 cm³/mol. The van der Waals surface area contributed by atoms with Crippen molar-refractivity contribution in [2.75, 3.05) is 6.54 Å². The number of hydrogen-bond acceptors (Lipinski definition) is 7. The number of halogens is 3. The lowest BCUT2D eigenvalue weighted by molar-refractivity contribution is -0.192. The number of carboxylic acids is 2. The first-order valence-electron chi connectivity index (χ1n) is 14.6. The Morgan fingerprint density at radius 1 is 0.936 bits per heavy atom. The molecule has 1 fully saturated rings. The van der Waals surface area contributed by atoms with E-state index in [1.54, 1.807) is 48.5 Å². The van der Waals surface area contributed by atoms with E-state index in [4.69, 9.17) is 21.4 Å². The molecule has 1 saturated carbocycles. The molecule has 0 spiro atoms. The molecule has 2 aliphatic rings. The van der Waals surface area contributed by atoms with Crippen molar-refractivity contribution < 1.29 is 47.4 Å². The zero-order valence-corrected chi connectivity index (χ0v) is 26.0. The summed E-state index contributed by atoms with van der Waals surface area (Å²) >= 11 is 1.41. The maximum atomic E-state index is 12.3. The van der Waals surface area contributed by atoms with E-state index >= 15 is 0 Å². The number of amides is 3. The molecule has 3 amide bonds. The molecule has 0 bridgehead atoms. The van der Waals surface area contributed by atoms with E-state index in [2.05, 4.69) is 10.6 Å². The number of primary amides is 1. The summed E-state index contributed by atoms with van der Waals surface area (Å²) < 4.78 is 31.7. The number of nitrogens with two attached hydrogens (primary N) is 2. The molecular formula is C32H35F3N4O7S. The zero-order chi connectivity index (χ0) is 34.7. The molecule has 0 radical (unpaired) electrons. The third-order valence-corrected chi connectivity index (χ3v) is 8.50. The van der Waals surface area contributed by atoms with Crippen LogP contribution in [0.2, 0.25) is 0 Å². The number of thiophene rings is 1. The number of carbonyl (C=O) groups is 5. The summed E-state index contributed by atoms with van der Waals surface area (Å²) in [5, 5.41) is 21.9. The minimum atomic E-state index is -5.08. The first-order valence-corrected chi connectivity index (χ1v) is 15.4. The van der Waals surface area contributed by atoms with E-state index in [9.17, 15) is 37.5 Å². The van der Waals surface area contributed by atoms with E-state index in [1.165, 1.54) is 29.1 Å². The van der Waals surface area contributed by atoms with Gasteiger partial charge in [-0.1, -0.05) is 42.5 Å². The summed E-state index contributed by atoms with van der Waals surface area (Å²) in [6, 6.07) is 14.3. The molecule has 11 nitrogen and oxygen atoms in total. The Labute approximate surface area is 272 Å². The molecule has 8 N–H and O–H groups in total. The van der Waals surface area contributed by atoms with E-state index < -0.39 is 36.0 Å². The van der Waals surface area contributed by atoms with Crippen molar-refractivity contribution in [3.8, 4) is 0 Å². The lowest BCUT2D eigenvalue weighted by Gasteiger charge is -2.15. The standard InChI is InChI=1S/C16H16N2O3.C14H18N2O2S.C2HF3O2/c17-10-11-5-4-8-13(9-11)15(19)18-14(16(20)21)12-6-2-1-3-7-12;15-13(17)12-11(14(18)16-7-8-5-6-8)9-3-1-2-4-10(9)19-12;3-2(4,5)1(6)7/h1-9,14H,10,17H2,(H,18,19)(H,20,21);8H,1-7H2,(H2,15,17)(H,16,18);(H,6,7)/t14-;;/m1../s1. The quantitative estimate of drug-likeness (QED) is 0.194. The number of alkyl halides is 3. The molecule has 1 aromatic heterocycles. The Kier molecular flexibility index (Phi) is 13.0. The van der Waals surface area contributed by atoms with Gasteiger partial charge in [-0.15, -0.1) is 11.3 Å². The fraction of sp³-hybridized carbons (Fsp3) is 0.344. The van der Waals surface area contributed by atoms with Gasteiger partial charge < -0.3 is 32.3 Å². The molecule has 47 heavy (non-hydrogen) atoms. The van der Waals surface area contributed by atoms with Crippen LogP contribution in [-0.4, -0.2) is 52.6 Å². The van der Waals surface area contributed by atoms with Crippen LogP contribution in [0.5, 0.6) is 0 Å². The normalized spacial score (nSPS) is 14.1. The van der Waals surface area contributed by atoms with Crippen LogP contribution in [0.3, 0.4) is 0 Å². The maximum Gasteiger partial charge on any atom is 0.490 e. The molecule has 252 valence electrons. The lowest BCUT2D eigenvalue weighted by Crippen LogP contribution is -2.33. The number of hydrogen-bond donors (Lipinski definition) is 6. The van der Waals surface area contributed by atoms with Crippen LogP contribution in [0.25, 0.3) is 0 Å². The number of rotatable bonds is 9. The third-order valence-electron chi connectivity index (χ3n) is 7.19. The summed E-state index contributed by atoms with van der Waals surface area (Å²) in [5.41, 5.74) is 14.3. The van der Waals surface area contributed by atoms with Crippen LogP contribution in [0, 0.1) is 5.92 Å². The van der Waals surface area contributed by atoms with Gasteiger partial charge in [-0.25, -0.2) is 9.59 Å². The van der Waals surface area contributed by atoms with E-state index in [1.807, 2.05) is 6.07 Å². The molecule has 0 aliphatic heterocycles. The summed E-state index contributed by atoms with van der Waals surface area (Å²) in [4.78, 5) is 57.9. The first-order chi connectivity index (χ1) is 22.2. The van der Waals surface area contributed by atoms with Gasteiger partial charge in [0.25, 0.3) is 17.7 Å². The van der Waals surface area contributed by atoms with Crippen LogP contribution in [0.15, 0.2) is 54.6 Å². The Hall–Kier alpha value is -4.76. The van der Waals surface area contributed by atoms with Crippen molar-refractivity contribution in [2.24, 2.45) is 17.4 Å². The predicted octanol–water partition coefficient (Wildman–Crippen LogP) is 4.20. The van der Waals surface area contributed by atoms with Crippen molar-refractivity contribution in [2.45, 2.75) is 57.3 Å². The topological polar surface area (TPSA) is 202 Å². The number of aryl methyl sites for hydroxylation is 1. The maximum absolute atomic E-state index is 12.3. The summed E-state index contributed by atoms with van der Waals surface area (Å²) in [6.45, 7) is 1.05. The monoisotopic (exact) mass is 676 g/mol. The van der Waals surface area contributed by atoms with Crippen molar-refractivity contribution >= 4 is 41.0 Å². The second kappa shape index (κ2) is 16.7. The molecule has 0 saturated heterocycles. The Morgan fingerprint density at radius 3 is 2.13 bits per heavy atom. The van der Waals surface area contributed by atoms with Crippen LogP contribution < -0.4 is 22.1 Å². The molecule has 2 aromatic carbocycles. The summed E-state index contributed by atoms with van der Waals surface area (Å²) in [6.07, 6.45) is 1.40. The van der Waals surface area contributed by atoms with Crippen LogP contribution in [0.4, 0.5) is 13.2 Å². The molecule has 1 heterocycles. The third kappa shape index (κ3) is 10.9. The number of carbonyl (C=O) groups excluding carboxylic acids is 3. The van der Waals surface area contributed by atoms with Crippen LogP contribution >= 0.6 is 11.3 Å². The van der Waals surface area contributed by atoms with Gasteiger partial charge in [-0.3, -0.25) is 14.4 Å². The van der Waals surface area contributed by atoms with Gasteiger partial charge in [0.1, 0.15) is 4.88 Å². The van der Waals surface area contributed by atoms with Gasteiger partial charge in [0, 0.05) is 23.5 Å². The number of fused-ring (bicyclic) bond motifs is 1. The smallest absolute Gasteiger partial charge is 0.479 e. The van der Waals surface area contributed by atoms with E-state index in [0.717, 1.165) is 43.4 Å². The molecule has 3 aromatic rings. The molecule has 5 rings (SSSR count). The minimum absolute atomic E-state index is 0.111. The number of nitrogens with one attached hydrogen (secondary N) is 2. The average Bonchev–Trinajstić information content (AvgIpc) is 3.80. The van der Waals surface area contributed by atoms with Gasteiger partial charge >= 0.3 is 18.1 Å². The highest BCUT2D eigenvalue weighted by Gasteiger charge is 2.38. The second-order valence-corrected chi connectivity index (χ2v) is 11.9. The highest BCUT2D eigenvalue weighted by atomic mass is 32.1. The van der Waals surface area contributed by atoms with Gasteiger partial charge in [0.05, 0.1) is 5.56 Å². The molecular weight excluding hydrogens is 641 g/mol. The number of benzene rings is 2. The van der Waals surface area contributed by atoms with Gasteiger partial charge in [-0.2, -0.15) is 13.2 Å². The van der Waals surface area contributed by atoms with E-state index in [0.29, 0.717) is 34.0 Å². The zero-order valence-electron chi connectivity index (χ0n) is 25.1. The molecule has 15 heteroatoms. The van der Waals surface area contributed by atoms with Crippen molar-refractivity contribution in [3.63, 3.8) is 0 Å². The second-order valence-electron chi connectivity index (χ2n) is 10.8. The number of aliphatic carboxylic acids is 2. The minimum Gasteiger partial charge on any atom is -0.479 e. The SMILES string of the molecule is NC(=O)c1sc2c(c1C(=O)NCC1CC1)CCCC2.NCc1cccc(C(=O)N[C@@H](C(=O)O)c2ccccc2)c1.O=C(O)C(F)(F)F. The van der Waals surface area contributed by atoms with Gasteiger partial charge in [0.2, 0.25) is 0 Å². The van der Waals surface area contributed by atoms with E-state index in [-0.39, 0.29) is 5.91 Å². The molecule has 2 aliphatic carbocycles. The Bertz CT molecular complexity index is 1590. The first kappa shape index (κ1) is 36.7. The van der Waals surface area contributed by atoms with Crippen LogP contribution in [0.1, 0.15) is 83.7 Å². The summed E-state index contributed by atoms with van der Waals surface area (Å²) in [7, 11) is 0. The Balaban J connectivity index is 0.000000214. The van der Waals surface area contributed by atoms with Crippen molar-refractivity contribution in [3.05, 3.63) is 92.2 Å². The van der Waals surface area contributed by atoms with Crippen molar-refractivity contribution in [1.82, 2.24) is 10.6 Å². The van der Waals surface area contributed by atoms with Crippen LogP contribution in [-0.2, 0) is 29.0 Å². The van der Waals surface area contributed by atoms with Gasteiger partial charge in [-0.05, 0) is 73.3 Å². The lowest BCUT2D eigenvalue weighted by atomic mass is 9.94. The largest absolute Gasteiger partial charge is 0.490 e. The van der Waals surface area contributed by atoms with Gasteiger partial charge in [0.15, 0.2) is 6.04 Å². The average molecular weight is 677 g/mol.